The Labute approximate surface area is 116 Å². The van der Waals surface area contributed by atoms with Gasteiger partial charge in [-0.15, -0.1) is 0 Å². The molecule has 1 aromatic carbocycles. The first-order chi connectivity index (χ1) is 8.95. The maximum absolute atomic E-state index is 4.82. The topological polar surface area (TPSA) is 24.9 Å². The van der Waals surface area contributed by atoms with Crippen molar-refractivity contribution in [3.05, 3.63) is 35.5 Å². The van der Waals surface area contributed by atoms with Gasteiger partial charge in [-0.2, -0.15) is 0 Å². The van der Waals surface area contributed by atoms with Gasteiger partial charge in [0.15, 0.2) is 0 Å². The molecule has 0 radical (unpaired) electrons. The van der Waals surface area contributed by atoms with E-state index in [0.29, 0.717) is 0 Å². The summed E-state index contributed by atoms with van der Waals surface area (Å²) in [6, 6.07) is 8.78. The van der Waals surface area contributed by atoms with Crippen LogP contribution in [0.25, 0.3) is 10.9 Å². The van der Waals surface area contributed by atoms with Crippen molar-refractivity contribution >= 4 is 16.6 Å². The van der Waals surface area contributed by atoms with Gasteiger partial charge in [0.2, 0.25) is 0 Å². The van der Waals surface area contributed by atoms with Crippen LogP contribution in [-0.4, -0.2) is 11.5 Å². The average molecular weight is 256 g/mol. The highest BCUT2D eigenvalue weighted by Gasteiger charge is 2.17. The maximum Gasteiger partial charge on any atom is 0.0726 e. The molecule has 2 nitrogen and oxygen atoms in total. The van der Waals surface area contributed by atoms with Gasteiger partial charge in [0.25, 0.3) is 0 Å². The molecular weight excluding hydrogens is 232 g/mol. The van der Waals surface area contributed by atoms with Crippen LogP contribution in [0.15, 0.2) is 24.3 Å². The standard InChI is InChI=1S/C17H24N2/c1-6-12-8-9-14-13(10-12)15(18-7-2)11-16(19-14)17(3,4)5/h8-11H,6-7H2,1-5H3,(H,18,19). The van der Waals surface area contributed by atoms with Crippen molar-refractivity contribution in [2.45, 2.75) is 46.5 Å². The number of pyridine rings is 1. The molecule has 1 aromatic heterocycles. The largest absolute Gasteiger partial charge is 0.385 e. The molecule has 0 amide bonds. The van der Waals surface area contributed by atoms with Crippen molar-refractivity contribution in [1.82, 2.24) is 4.98 Å². The van der Waals surface area contributed by atoms with Crippen LogP contribution in [0.2, 0.25) is 0 Å². The molecule has 0 unspecified atom stereocenters. The molecular formula is C17H24N2. The number of nitrogens with zero attached hydrogens (tertiary/aromatic N) is 1. The normalized spacial score (nSPS) is 11.8. The molecule has 2 rings (SSSR count). The van der Waals surface area contributed by atoms with E-state index in [-0.39, 0.29) is 5.41 Å². The molecule has 0 aliphatic heterocycles. The lowest BCUT2D eigenvalue weighted by Crippen LogP contribution is -2.14. The summed E-state index contributed by atoms with van der Waals surface area (Å²) in [6.07, 6.45) is 1.06. The minimum Gasteiger partial charge on any atom is -0.385 e. The molecule has 0 saturated heterocycles. The van der Waals surface area contributed by atoms with Gasteiger partial charge in [0.05, 0.1) is 5.52 Å². The van der Waals surface area contributed by atoms with E-state index >= 15 is 0 Å². The molecule has 0 aliphatic carbocycles. The fourth-order valence-electron chi connectivity index (χ4n) is 2.21. The maximum atomic E-state index is 4.82. The van der Waals surface area contributed by atoms with E-state index in [0.717, 1.165) is 24.2 Å². The van der Waals surface area contributed by atoms with Crippen molar-refractivity contribution in [2.75, 3.05) is 11.9 Å². The summed E-state index contributed by atoms with van der Waals surface area (Å²) in [5.74, 6) is 0. The number of hydrogen-bond donors (Lipinski definition) is 1. The number of rotatable bonds is 3. The van der Waals surface area contributed by atoms with Gasteiger partial charge in [0.1, 0.15) is 0 Å². The molecule has 2 aromatic rings. The SMILES string of the molecule is CCNc1cc(C(C)(C)C)nc2ccc(CC)cc12. The van der Waals surface area contributed by atoms with Crippen molar-refractivity contribution in [3.8, 4) is 0 Å². The van der Waals surface area contributed by atoms with Crippen LogP contribution >= 0.6 is 0 Å². The minimum absolute atomic E-state index is 0.0712. The van der Waals surface area contributed by atoms with Crippen LogP contribution in [0.4, 0.5) is 5.69 Å². The van der Waals surface area contributed by atoms with E-state index in [2.05, 4.69) is 64.2 Å². The van der Waals surface area contributed by atoms with Gasteiger partial charge in [0, 0.05) is 28.7 Å². The highest BCUT2D eigenvalue weighted by molar-refractivity contribution is 5.92. The monoisotopic (exact) mass is 256 g/mol. The minimum atomic E-state index is 0.0712. The Kier molecular flexibility index (Phi) is 3.79. The van der Waals surface area contributed by atoms with Gasteiger partial charge in [-0.3, -0.25) is 4.98 Å². The first-order valence-electron chi connectivity index (χ1n) is 7.13. The van der Waals surface area contributed by atoms with E-state index in [1.54, 1.807) is 0 Å². The summed E-state index contributed by atoms with van der Waals surface area (Å²) in [6.45, 7) is 11.9. The molecule has 2 heteroatoms. The number of hydrogen-bond acceptors (Lipinski definition) is 2. The van der Waals surface area contributed by atoms with Gasteiger partial charge < -0.3 is 5.32 Å². The molecule has 1 heterocycles. The van der Waals surface area contributed by atoms with Gasteiger partial charge in [-0.25, -0.2) is 0 Å². The summed E-state index contributed by atoms with van der Waals surface area (Å²) in [5, 5.41) is 4.71. The third kappa shape index (κ3) is 2.89. The van der Waals surface area contributed by atoms with Gasteiger partial charge >= 0.3 is 0 Å². The smallest absolute Gasteiger partial charge is 0.0726 e. The van der Waals surface area contributed by atoms with Crippen LogP contribution in [0.5, 0.6) is 0 Å². The predicted octanol–water partition coefficient (Wildman–Crippen LogP) is 4.53. The average Bonchev–Trinajstić information content (AvgIpc) is 2.37. The predicted molar refractivity (Wildman–Crippen MR) is 84.0 cm³/mol. The summed E-state index contributed by atoms with van der Waals surface area (Å²) < 4.78 is 0. The molecule has 19 heavy (non-hydrogen) atoms. The molecule has 1 N–H and O–H groups in total. The Balaban J connectivity index is 2.68. The van der Waals surface area contributed by atoms with Crippen LogP contribution in [-0.2, 0) is 11.8 Å². The van der Waals surface area contributed by atoms with Crippen molar-refractivity contribution in [2.24, 2.45) is 0 Å². The fraction of sp³-hybridized carbons (Fsp3) is 0.471. The quantitative estimate of drug-likeness (QED) is 0.873. The second kappa shape index (κ2) is 5.20. The van der Waals surface area contributed by atoms with Gasteiger partial charge in [-0.05, 0) is 37.1 Å². The lowest BCUT2D eigenvalue weighted by atomic mass is 9.90. The zero-order valence-electron chi connectivity index (χ0n) is 12.7. The Morgan fingerprint density at radius 3 is 2.42 bits per heavy atom. The Morgan fingerprint density at radius 1 is 1.11 bits per heavy atom. The molecule has 0 atom stereocenters. The van der Waals surface area contributed by atoms with Crippen LogP contribution in [0.3, 0.4) is 0 Å². The van der Waals surface area contributed by atoms with Crippen LogP contribution in [0.1, 0.15) is 45.9 Å². The highest BCUT2D eigenvalue weighted by Crippen LogP contribution is 2.29. The summed E-state index contributed by atoms with van der Waals surface area (Å²) in [7, 11) is 0. The van der Waals surface area contributed by atoms with Gasteiger partial charge in [-0.1, -0.05) is 33.8 Å². The van der Waals surface area contributed by atoms with Crippen molar-refractivity contribution in [3.63, 3.8) is 0 Å². The summed E-state index contributed by atoms with van der Waals surface area (Å²) >= 11 is 0. The summed E-state index contributed by atoms with van der Waals surface area (Å²) in [4.78, 5) is 4.82. The number of aryl methyl sites for hydroxylation is 1. The number of anilines is 1. The Morgan fingerprint density at radius 2 is 1.84 bits per heavy atom. The second-order valence-corrected chi connectivity index (χ2v) is 6.04. The third-order valence-corrected chi connectivity index (χ3v) is 3.42. The first-order valence-corrected chi connectivity index (χ1v) is 7.13. The van der Waals surface area contributed by atoms with Crippen LogP contribution < -0.4 is 5.32 Å². The Bertz CT molecular complexity index is 580. The lowest BCUT2D eigenvalue weighted by Gasteiger charge is -2.20. The first kappa shape index (κ1) is 13.9. The zero-order chi connectivity index (χ0) is 14.0. The number of aromatic nitrogens is 1. The molecule has 0 saturated carbocycles. The van der Waals surface area contributed by atoms with E-state index in [1.807, 2.05) is 0 Å². The fourth-order valence-corrected chi connectivity index (χ4v) is 2.21. The molecule has 0 bridgehead atoms. The zero-order valence-corrected chi connectivity index (χ0v) is 12.7. The third-order valence-electron chi connectivity index (χ3n) is 3.42. The molecule has 0 aliphatic rings. The van der Waals surface area contributed by atoms with Crippen molar-refractivity contribution in [1.29, 1.82) is 0 Å². The summed E-state index contributed by atoms with van der Waals surface area (Å²) in [5.41, 5.74) is 4.85. The van der Waals surface area contributed by atoms with Crippen LogP contribution in [0, 0.1) is 0 Å². The van der Waals surface area contributed by atoms with E-state index < -0.39 is 0 Å². The number of nitrogens with one attached hydrogen (secondary N) is 1. The molecule has 0 fully saturated rings. The molecule has 0 spiro atoms. The van der Waals surface area contributed by atoms with E-state index in [4.69, 9.17) is 4.98 Å². The van der Waals surface area contributed by atoms with Crippen molar-refractivity contribution < 1.29 is 0 Å². The molecule has 102 valence electrons. The second-order valence-electron chi connectivity index (χ2n) is 6.04. The highest BCUT2D eigenvalue weighted by atomic mass is 14.9. The van der Waals surface area contributed by atoms with E-state index in [1.165, 1.54) is 16.6 Å². The number of benzene rings is 1. The lowest BCUT2D eigenvalue weighted by molar-refractivity contribution is 0.572. The van der Waals surface area contributed by atoms with E-state index in [9.17, 15) is 0 Å². The Hall–Kier alpha value is -1.57. The number of fused-ring (bicyclic) bond motifs is 1.